The van der Waals surface area contributed by atoms with Crippen molar-refractivity contribution in [2.45, 2.75) is 12.2 Å². The molecule has 0 amide bonds. The Morgan fingerprint density at radius 2 is 2.17 bits per heavy atom. The molecule has 2 atom stereocenters. The van der Waals surface area contributed by atoms with E-state index in [4.69, 9.17) is 4.74 Å². The molecule has 1 aromatic carbocycles. The number of halogens is 1. The Balaban J connectivity index is 1.55. The first-order valence-electron chi connectivity index (χ1n) is 9.75. The molecular weight excluding hydrogens is 385 g/mol. The molecule has 4 heterocycles. The topological polar surface area (TPSA) is 81.8 Å². The third-order valence-electron chi connectivity index (χ3n) is 5.34. The first-order valence-corrected chi connectivity index (χ1v) is 9.75. The number of pyridine rings is 1. The van der Waals surface area contributed by atoms with Gasteiger partial charge in [0.15, 0.2) is 0 Å². The molecule has 3 aromatic heterocycles. The molecule has 1 fully saturated rings. The molecule has 4 aromatic rings. The Morgan fingerprint density at radius 1 is 1.27 bits per heavy atom. The average molecular weight is 407 g/mol. The van der Waals surface area contributed by atoms with Crippen molar-refractivity contribution in [1.29, 1.82) is 0 Å². The molecule has 9 heteroatoms. The number of ether oxygens (including phenoxy) is 1. The Labute approximate surface area is 172 Å². The first-order chi connectivity index (χ1) is 14.6. The maximum absolute atomic E-state index is 13.9. The minimum Gasteiger partial charge on any atom is -0.496 e. The minimum atomic E-state index is -0.931. The highest BCUT2D eigenvalue weighted by atomic mass is 19.1. The summed E-state index contributed by atoms with van der Waals surface area (Å²) in [4.78, 5) is 9.20. The molecule has 30 heavy (non-hydrogen) atoms. The molecular formula is C21H22FN7O. The number of aryl methyl sites for hydroxylation is 1. The van der Waals surface area contributed by atoms with Gasteiger partial charge in [-0.15, -0.1) is 0 Å². The molecule has 0 bridgehead atoms. The monoisotopic (exact) mass is 407 g/mol. The zero-order valence-electron chi connectivity index (χ0n) is 16.7. The molecule has 0 saturated carbocycles. The van der Waals surface area contributed by atoms with Crippen LogP contribution in [0.3, 0.4) is 0 Å². The maximum atomic E-state index is 13.9. The molecule has 154 valence electrons. The molecule has 1 aliphatic heterocycles. The normalized spacial score (nSPS) is 18.8. The highest BCUT2D eigenvalue weighted by molar-refractivity contribution is 5.87. The summed E-state index contributed by atoms with van der Waals surface area (Å²) in [5.41, 5.74) is 3.57. The second kappa shape index (κ2) is 7.42. The largest absolute Gasteiger partial charge is 0.496 e. The van der Waals surface area contributed by atoms with E-state index in [-0.39, 0.29) is 6.04 Å². The summed E-state index contributed by atoms with van der Waals surface area (Å²) in [5.74, 6) is 2.06. The van der Waals surface area contributed by atoms with E-state index in [1.54, 1.807) is 24.3 Å². The fraction of sp³-hybridized carbons (Fsp3) is 0.286. The highest BCUT2D eigenvalue weighted by Crippen LogP contribution is 2.34. The van der Waals surface area contributed by atoms with Crippen molar-refractivity contribution in [3.05, 3.63) is 49.1 Å². The van der Waals surface area contributed by atoms with E-state index < -0.39 is 6.17 Å². The van der Waals surface area contributed by atoms with E-state index in [0.717, 1.165) is 27.9 Å². The summed E-state index contributed by atoms with van der Waals surface area (Å²) in [6.45, 7) is 0.942. The van der Waals surface area contributed by atoms with Gasteiger partial charge in [-0.3, -0.25) is 9.25 Å². The lowest BCUT2D eigenvalue weighted by atomic mass is 10.1. The molecule has 1 aliphatic rings. The van der Waals surface area contributed by atoms with Crippen LogP contribution < -0.4 is 15.4 Å². The van der Waals surface area contributed by atoms with Crippen molar-refractivity contribution in [2.75, 3.05) is 25.5 Å². The predicted molar refractivity (Wildman–Crippen MR) is 113 cm³/mol. The molecule has 1 saturated heterocycles. The molecule has 8 nitrogen and oxygen atoms in total. The van der Waals surface area contributed by atoms with Gasteiger partial charge in [0.05, 0.1) is 30.4 Å². The third kappa shape index (κ3) is 3.26. The predicted octanol–water partition coefficient (Wildman–Crippen LogP) is 2.55. The van der Waals surface area contributed by atoms with E-state index in [2.05, 4.69) is 25.7 Å². The summed E-state index contributed by atoms with van der Waals surface area (Å²) in [7, 11) is 3.52. The third-order valence-corrected chi connectivity index (χ3v) is 5.34. The van der Waals surface area contributed by atoms with E-state index in [1.807, 2.05) is 48.1 Å². The summed E-state index contributed by atoms with van der Waals surface area (Å²) >= 11 is 0. The number of aromatic nitrogens is 5. The van der Waals surface area contributed by atoms with E-state index in [1.165, 1.54) is 0 Å². The quantitative estimate of drug-likeness (QED) is 0.529. The van der Waals surface area contributed by atoms with Gasteiger partial charge in [-0.05, 0) is 18.2 Å². The van der Waals surface area contributed by atoms with Crippen molar-refractivity contribution in [2.24, 2.45) is 7.05 Å². The number of fused-ring (bicyclic) bond motifs is 1. The molecule has 5 rings (SSSR count). The minimum absolute atomic E-state index is 0.284. The van der Waals surface area contributed by atoms with Gasteiger partial charge in [0.25, 0.3) is 0 Å². The van der Waals surface area contributed by atoms with Crippen LogP contribution in [0.5, 0.6) is 5.75 Å². The molecule has 0 aliphatic carbocycles. The zero-order chi connectivity index (χ0) is 20.7. The number of benzene rings is 1. The summed E-state index contributed by atoms with van der Waals surface area (Å²) in [5, 5.41) is 10.5. The van der Waals surface area contributed by atoms with Gasteiger partial charge in [-0.1, -0.05) is 6.07 Å². The molecule has 0 radical (unpaired) electrons. The SMILES string of the molecule is COc1cc2ncn(-c3cccc(NC4CNCC4F)n3)c2cc1-c1cnn(C)c1. The lowest BCUT2D eigenvalue weighted by molar-refractivity contribution is 0.342. The van der Waals surface area contributed by atoms with E-state index in [9.17, 15) is 4.39 Å². The van der Waals surface area contributed by atoms with Gasteiger partial charge in [-0.25, -0.2) is 14.4 Å². The van der Waals surface area contributed by atoms with Crippen LogP contribution >= 0.6 is 0 Å². The smallest absolute Gasteiger partial charge is 0.140 e. The number of alkyl halides is 1. The fourth-order valence-electron chi connectivity index (χ4n) is 3.79. The van der Waals surface area contributed by atoms with Gasteiger partial charge >= 0.3 is 0 Å². The Morgan fingerprint density at radius 3 is 2.90 bits per heavy atom. The second-order valence-corrected chi connectivity index (χ2v) is 7.36. The van der Waals surface area contributed by atoms with Gasteiger partial charge in [0.1, 0.15) is 29.9 Å². The Bertz CT molecular complexity index is 1200. The Kier molecular flexibility index (Phi) is 4.59. The summed E-state index contributed by atoms with van der Waals surface area (Å²) in [6.07, 6.45) is 4.55. The molecule has 0 spiro atoms. The van der Waals surface area contributed by atoms with Crippen molar-refractivity contribution in [3.63, 3.8) is 0 Å². The average Bonchev–Trinajstić information content (AvgIpc) is 3.47. The van der Waals surface area contributed by atoms with Gasteiger partial charge in [0, 0.05) is 43.5 Å². The van der Waals surface area contributed by atoms with Crippen LogP contribution in [-0.4, -0.2) is 56.7 Å². The van der Waals surface area contributed by atoms with Crippen molar-refractivity contribution < 1.29 is 9.13 Å². The number of nitrogens with one attached hydrogen (secondary N) is 2. The van der Waals surface area contributed by atoms with Crippen molar-refractivity contribution in [1.82, 2.24) is 29.6 Å². The van der Waals surface area contributed by atoms with Gasteiger partial charge in [0.2, 0.25) is 0 Å². The van der Waals surface area contributed by atoms with Crippen molar-refractivity contribution >= 4 is 16.9 Å². The zero-order valence-corrected chi connectivity index (χ0v) is 16.7. The number of anilines is 1. The van der Waals surface area contributed by atoms with Crippen molar-refractivity contribution in [3.8, 4) is 22.7 Å². The number of rotatable bonds is 5. The molecule has 2 N–H and O–H groups in total. The van der Waals surface area contributed by atoms with Crippen LogP contribution in [0.15, 0.2) is 49.1 Å². The highest BCUT2D eigenvalue weighted by Gasteiger charge is 2.26. The first kappa shape index (κ1) is 18.6. The second-order valence-electron chi connectivity index (χ2n) is 7.36. The van der Waals surface area contributed by atoms with Crippen LogP contribution in [0.2, 0.25) is 0 Å². The van der Waals surface area contributed by atoms with Crippen LogP contribution in [0.4, 0.5) is 10.2 Å². The van der Waals surface area contributed by atoms with Crippen LogP contribution in [0.25, 0.3) is 28.0 Å². The summed E-state index contributed by atoms with van der Waals surface area (Å²) in [6, 6.07) is 9.30. The number of hydrogen-bond donors (Lipinski definition) is 2. The van der Waals surface area contributed by atoms with Crippen LogP contribution in [0, 0.1) is 0 Å². The van der Waals surface area contributed by atoms with Gasteiger partial charge in [-0.2, -0.15) is 5.10 Å². The van der Waals surface area contributed by atoms with Crippen LogP contribution in [0.1, 0.15) is 0 Å². The summed E-state index contributed by atoms with van der Waals surface area (Å²) < 4.78 is 23.2. The lowest BCUT2D eigenvalue weighted by Crippen LogP contribution is -2.29. The Hall–Kier alpha value is -3.46. The van der Waals surface area contributed by atoms with Crippen LogP contribution in [-0.2, 0) is 7.05 Å². The standard InChI is InChI=1S/C21H22FN7O/c1-28-11-13(8-25-28)14-6-18-16(7-19(14)30-2)24-12-29(18)21-5-3-4-20(27-21)26-17-10-23-9-15(17)22/h3-8,11-12,15,17,23H,9-10H2,1-2H3,(H,26,27). The molecule has 2 unspecified atom stereocenters. The maximum Gasteiger partial charge on any atom is 0.140 e. The fourth-order valence-corrected chi connectivity index (χ4v) is 3.79. The number of methoxy groups -OCH3 is 1. The number of imidazole rings is 1. The van der Waals surface area contributed by atoms with Gasteiger partial charge < -0.3 is 15.4 Å². The van der Waals surface area contributed by atoms with E-state index >= 15 is 0 Å². The lowest BCUT2D eigenvalue weighted by Gasteiger charge is -2.15. The van der Waals surface area contributed by atoms with E-state index in [0.29, 0.717) is 24.7 Å². The number of hydrogen-bond acceptors (Lipinski definition) is 6. The number of nitrogens with zero attached hydrogens (tertiary/aromatic N) is 5.